The summed E-state index contributed by atoms with van der Waals surface area (Å²) < 4.78 is 31.3. The van der Waals surface area contributed by atoms with E-state index in [1.165, 1.54) is 12.1 Å². The fraction of sp³-hybridized carbons (Fsp3) is 0.133. The average molecular weight is 278 g/mol. The first-order chi connectivity index (χ1) is 9.52. The van der Waals surface area contributed by atoms with Crippen LogP contribution in [0.25, 0.3) is 0 Å². The third-order valence-corrected chi connectivity index (χ3v) is 2.61. The largest absolute Gasteiger partial charge is 0.489 e. The van der Waals surface area contributed by atoms with Crippen LogP contribution in [0.4, 0.5) is 8.78 Å². The second-order valence-corrected chi connectivity index (χ2v) is 4.28. The van der Waals surface area contributed by atoms with Crippen molar-refractivity contribution in [3.05, 3.63) is 65.2 Å². The monoisotopic (exact) mass is 278 g/mol. The first kappa shape index (κ1) is 14.0. The summed E-state index contributed by atoms with van der Waals surface area (Å²) in [4.78, 5) is 10.5. The molecule has 0 aliphatic heterocycles. The van der Waals surface area contributed by atoms with Gasteiger partial charge < -0.3 is 9.84 Å². The number of carboxylic acid groups (broad SMARTS) is 1. The predicted molar refractivity (Wildman–Crippen MR) is 68.5 cm³/mol. The minimum absolute atomic E-state index is 0.0347. The van der Waals surface area contributed by atoms with E-state index in [0.29, 0.717) is 16.9 Å². The Morgan fingerprint density at radius 3 is 2.15 bits per heavy atom. The van der Waals surface area contributed by atoms with E-state index in [4.69, 9.17) is 9.84 Å². The molecular weight excluding hydrogens is 266 g/mol. The average Bonchev–Trinajstić information content (AvgIpc) is 2.36. The van der Waals surface area contributed by atoms with E-state index in [1.54, 1.807) is 24.3 Å². The van der Waals surface area contributed by atoms with Crippen LogP contribution in [-0.4, -0.2) is 11.1 Å². The van der Waals surface area contributed by atoms with Crippen LogP contribution in [0, 0.1) is 11.6 Å². The SMILES string of the molecule is O=C(O)Cc1ccc(OCc2cc(F)cc(F)c2)cc1. The highest BCUT2D eigenvalue weighted by molar-refractivity contribution is 5.70. The lowest BCUT2D eigenvalue weighted by molar-refractivity contribution is -0.136. The van der Waals surface area contributed by atoms with Crippen LogP contribution in [0.2, 0.25) is 0 Å². The summed E-state index contributed by atoms with van der Waals surface area (Å²) in [6.07, 6.45) is -0.0601. The Morgan fingerprint density at radius 2 is 1.60 bits per heavy atom. The van der Waals surface area contributed by atoms with Crippen LogP contribution < -0.4 is 4.74 Å². The molecule has 20 heavy (non-hydrogen) atoms. The summed E-state index contributed by atoms with van der Waals surface area (Å²) in [5.41, 5.74) is 1.04. The van der Waals surface area contributed by atoms with Gasteiger partial charge in [-0.3, -0.25) is 4.79 Å². The smallest absolute Gasteiger partial charge is 0.307 e. The Hall–Kier alpha value is -2.43. The summed E-state index contributed by atoms with van der Waals surface area (Å²) in [5, 5.41) is 8.64. The van der Waals surface area contributed by atoms with Gasteiger partial charge in [-0.2, -0.15) is 0 Å². The molecule has 0 saturated carbocycles. The second-order valence-electron chi connectivity index (χ2n) is 4.28. The number of aliphatic carboxylic acids is 1. The van der Waals surface area contributed by atoms with Gasteiger partial charge >= 0.3 is 5.97 Å². The molecule has 3 nitrogen and oxygen atoms in total. The van der Waals surface area contributed by atoms with E-state index in [2.05, 4.69) is 0 Å². The van der Waals surface area contributed by atoms with E-state index in [1.807, 2.05) is 0 Å². The van der Waals surface area contributed by atoms with E-state index in [9.17, 15) is 13.6 Å². The van der Waals surface area contributed by atoms with Crippen molar-refractivity contribution in [2.45, 2.75) is 13.0 Å². The maximum Gasteiger partial charge on any atom is 0.307 e. The van der Waals surface area contributed by atoms with Gasteiger partial charge in [-0.05, 0) is 35.4 Å². The molecule has 2 aromatic carbocycles. The first-order valence-corrected chi connectivity index (χ1v) is 5.91. The van der Waals surface area contributed by atoms with Crippen molar-refractivity contribution in [3.8, 4) is 5.75 Å². The van der Waals surface area contributed by atoms with Gasteiger partial charge in [0.25, 0.3) is 0 Å². The lowest BCUT2D eigenvalue weighted by Gasteiger charge is -2.07. The Kier molecular flexibility index (Phi) is 4.30. The number of halogens is 2. The fourth-order valence-corrected chi connectivity index (χ4v) is 1.74. The highest BCUT2D eigenvalue weighted by atomic mass is 19.1. The fourth-order valence-electron chi connectivity index (χ4n) is 1.74. The van der Waals surface area contributed by atoms with Crippen molar-refractivity contribution in [2.75, 3.05) is 0 Å². The van der Waals surface area contributed by atoms with Crippen molar-refractivity contribution < 1.29 is 23.4 Å². The molecule has 5 heteroatoms. The molecular formula is C15H12F2O3. The summed E-state index contributed by atoms with van der Waals surface area (Å²) in [6.45, 7) is 0.0347. The van der Waals surface area contributed by atoms with Crippen molar-refractivity contribution in [3.63, 3.8) is 0 Å². The lowest BCUT2D eigenvalue weighted by atomic mass is 10.1. The van der Waals surface area contributed by atoms with Gasteiger partial charge in [0.2, 0.25) is 0 Å². The van der Waals surface area contributed by atoms with Crippen molar-refractivity contribution in [1.82, 2.24) is 0 Å². The third kappa shape index (κ3) is 4.05. The molecule has 0 atom stereocenters. The van der Waals surface area contributed by atoms with E-state index in [0.717, 1.165) is 6.07 Å². The zero-order chi connectivity index (χ0) is 14.5. The number of hydrogen-bond acceptors (Lipinski definition) is 2. The normalized spacial score (nSPS) is 10.3. The van der Waals surface area contributed by atoms with Gasteiger partial charge in [0.1, 0.15) is 24.0 Å². The molecule has 0 saturated heterocycles. The number of carboxylic acids is 1. The Balaban J connectivity index is 1.98. The van der Waals surface area contributed by atoms with Gasteiger partial charge in [-0.15, -0.1) is 0 Å². The highest BCUT2D eigenvalue weighted by Gasteiger charge is 2.03. The molecule has 0 unspecified atom stereocenters. The number of benzene rings is 2. The minimum Gasteiger partial charge on any atom is -0.489 e. The van der Waals surface area contributed by atoms with Crippen molar-refractivity contribution >= 4 is 5.97 Å². The summed E-state index contributed by atoms with van der Waals surface area (Å²) >= 11 is 0. The third-order valence-electron chi connectivity index (χ3n) is 2.61. The summed E-state index contributed by atoms with van der Waals surface area (Å²) in [5.74, 6) is -1.71. The number of ether oxygens (including phenoxy) is 1. The molecule has 0 heterocycles. The van der Waals surface area contributed by atoms with Gasteiger partial charge in [0.05, 0.1) is 6.42 Å². The molecule has 2 rings (SSSR count). The lowest BCUT2D eigenvalue weighted by Crippen LogP contribution is -2.00. The van der Waals surface area contributed by atoms with Crippen LogP contribution in [0.15, 0.2) is 42.5 Å². The van der Waals surface area contributed by atoms with E-state index >= 15 is 0 Å². The molecule has 0 spiro atoms. The molecule has 0 fully saturated rings. The Bertz CT molecular complexity index is 589. The molecule has 0 aromatic heterocycles. The molecule has 0 aliphatic rings. The minimum atomic E-state index is -0.908. The van der Waals surface area contributed by atoms with Crippen molar-refractivity contribution in [2.24, 2.45) is 0 Å². The number of hydrogen-bond donors (Lipinski definition) is 1. The second kappa shape index (κ2) is 6.14. The Morgan fingerprint density at radius 1 is 1.00 bits per heavy atom. The Labute approximate surface area is 114 Å². The highest BCUT2D eigenvalue weighted by Crippen LogP contribution is 2.16. The topological polar surface area (TPSA) is 46.5 Å². The molecule has 1 N–H and O–H groups in total. The molecule has 104 valence electrons. The zero-order valence-electron chi connectivity index (χ0n) is 10.5. The van der Waals surface area contributed by atoms with Gasteiger partial charge in [0.15, 0.2) is 0 Å². The predicted octanol–water partition coefficient (Wildman–Crippen LogP) is 3.17. The maximum atomic E-state index is 13.0. The molecule has 0 bridgehead atoms. The van der Waals surface area contributed by atoms with Crippen LogP contribution in [-0.2, 0) is 17.8 Å². The summed E-state index contributed by atoms with van der Waals surface area (Å²) in [6, 6.07) is 9.70. The van der Waals surface area contributed by atoms with Crippen LogP contribution in [0.3, 0.4) is 0 Å². The number of rotatable bonds is 5. The number of carbonyl (C=O) groups is 1. The summed E-state index contributed by atoms with van der Waals surface area (Å²) in [7, 11) is 0. The quantitative estimate of drug-likeness (QED) is 0.913. The van der Waals surface area contributed by atoms with E-state index < -0.39 is 17.6 Å². The van der Waals surface area contributed by atoms with Gasteiger partial charge in [0, 0.05) is 6.07 Å². The van der Waals surface area contributed by atoms with E-state index in [-0.39, 0.29) is 13.0 Å². The first-order valence-electron chi connectivity index (χ1n) is 5.91. The zero-order valence-corrected chi connectivity index (χ0v) is 10.5. The van der Waals surface area contributed by atoms with Gasteiger partial charge in [-0.25, -0.2) is 8.78 Å². The molecule has 0 aliphatic carbocycles. The molecule has 2 aromatic rings. The van der Waals surface area contributed by atoms with Crippen LogP contribution in [0.5, 0.6) is 5.75 Å². The van der Waals surface area contributed by atoms with Gasteiger partial charge in [-0.1, -0.05) is 12.1 Å². The molecule has 0 radical (unpaired) electrons. The standard InChI is InChI=1S/C15H12F2O3/c16-12-5-11(6-13(17)8-12)9-20-14-3-1-10(2-4-14)7-15(18)19/h1-6,8H,7,9H2,(H,18,19). The van der Waals surface area contributed by atoms with Crippen LogP contribution in [0.1, 0.15) is 11.1 Å². The van der Waals surface area contributed by atoms with Crippen LogP contribution >= 0.6 is 0 Å². The maximum absolute atomic E-state index is 13.0. The molecule has 0 amide bonds. The van der Waals surface area contributed by atoms with Crippen molar-refractivity contribution in [1.29, 1.82) is 0 Å².